The van der Waals surface area contributed by atoms with Gasteiger partial charge in [-0.1, -0.05) is 13.0 Å². The molecule has 0 aromatic heterocycles. The SMILES string of the molecule is CCCC(=O)CCc1cc(C)c(C)c(C)c1C. The lowest BCUT2D eigenvalue weighted by molar-refractivity contribution is -0.119. The Morgan fingerprint density at radius 3 is 2.24 bits per heavy atom. The zero-order valence-electron chi connectivity index (χ0n) is 11.8. The first-order valence-electron chi connectivity index (χ1n) is 6.55. The van der Waals surface area contributed by atoms with Gasteiger partial charge in [-0.3, -0.25) is 4.79 Å². The third kappa shape index (κ3) is 3.42. The van der Waals surface area contributed by atoms with Gasteiger partial charge in [0.1, 0.15) is 5.78 Å². The highest BCUT2D eigenvalue weighted by Crippen LogP contribution is 2.22. The zero-order valence-corrected chi connectivity index (χ0v) is 11.8. The van der Waals surface area contributed by atoms with Gasteiger partial charge in [-0.25, -0.2) is 0 Å². The van der Waals surface area contributed by atoms with Crippen LogP contribution in [-0.4, -0.2) is 5.78 Å². The van der Waals surface area contributed by atoms with E-state index in [2.05, 4.69) is 40.7 Å². The number of benzene rings is 1. The molecule has 0 aliphatic heterocycles. The van der Waals surface area contributed by atoms with E-state index in [1.165, 1.54) is 27.8 Å². The van der Waals surface area contributed by atoms with Crippen LogP contribution in [0.2, 0.25) is 0 Å². The van der Waals surface area contributed by atoms with Crippen molar-refractivity contribution in [2.24, 2.45) is 0 Å². The van der Waals surface area contributed by atoms with Gasteiger partial charge in [-0.2, -0.15) is 0 Å². The summed E-state index contributed by atoms with van der Waals surface area (Å²) in [6, 6.07) is 2.25. The zero-order chi connectivity index (χ0) is 13.0. The van der Waals surface area contributed by atoms with E-state index in [0.29, 0.717) is 12.2 Å². The van der Waals surface area contributed by atoms with Gasteiger partial charge in [0, 0.05) is 12.8 Å². The molecular weight excluding hydrogens is 208 g/mol. The number of ketones is 1. The lowest BCUT2D eigenvalue weighted by Gasteiger charge is -2.14. The summed E-state index contributed by atoms with van der Waals surface area (Å²) in [6.07, 6.45) is 3.27. The predicted molar refractivity (Wildman–Crippen MR) is 73.6 cm³/mol. The molecule has 1 heteroatoms. The average molecular weight is 232 g/mol. The van der Waals surface area contributed by atoms with Gasteiger partial charge in [0.25, 0.3) is 0 Å². The van der Waals surface area contributed by atoms with Crippen molar-refractivity contribution in [2.75, 3.05) is 0 Å². The molecule has 0 aliphatic carbocycles. The molecule has 1 rings (SSSR count). The average Bonchev–Trinajstić information content (AvgIpc) is 2.30. The molecule has 0 atom stereocenters. The summed E-state index contributed by atoms with van der Waals surface area (Å²) in [5, 5.41) is 0. The van der Waals surface area contributed by atoms with Crippen molar-refractivity contribution in [3.63, 3.8) is 0 Å². The first-order chi connectivity index (χ1) is 7.97. The molecule has 0 saturated heterocycles. The Morgan fingerprint density at radius 1 is 1.00 bits per heavy atom. The minimum absolute atomic E-state index is 0.391. The van der Waals surface area contributed by atoms with Gasteiger partial charge in [0.2, 0.25) is 0 Å². The molecule has 1 nitrogen and oxygen atoms in total. The Morgan fingerprint density at radius 2 is 1.65 bits per heavy atom. The third-order valence-electron chi connectivity index (χ3n) is 3.79. The van der Waals surface area contributed by atoms with Gasteiger partial charge in [-0.15, -0.1) is 0 Å². The molecule has 0 saturated carbocycles. The molecule has 17 heavy (non-hydrogen) atoms. The largest absolute Gasteiger partial charge is 0.300 e. The number of Topliss-reactive ketones (excluding diaryl/α,β-unsaturated/α-hetero) is 1. The van der Waals surface area contributed by atoms with E-state index in [1.54, 1.807) is 0 Å². The minimum Gasteiger partial charge on any atom is -0.300 e. The van der Waals surface area contributed by atoms with E-state index in [9.17, 15) is 4.79 Å². The lowest BCUT2D eigenvalue weighted by atomic mass is 9.92. The molecule has 0 fully saturated rings. The van der Waals surface area contributed by atoms with E-state index in [-0.39, 0.29) is 0 Å². The second-order valence-corrected chi connectivity index (χ2v) is 5.02. The van der Waals surface area contributed by atoms with Crippen LogP contribution in [0.5, 0.6) is 0 Å². The summed E-state index contributed by atoms with van der Waals surface area (Å²) in [7, 11) is 0. The fraction of sp³-hybridized carbons (Fsp3) is 0.562. The maximum absolute atomic E-state index is 11.6. The summed E-state index contributed by atoms with van der Waals surface area (Å²) < 4.78 is 0. The van der Waals surface area contributed by atoms with Crippen LogP contribution in [0.4, 0.5) is 0 Å². The van der Waals surface area contributed by atoms with Crippen molar-refractivity contribution < 1.29 is 4.79 Å². The third-order valence-corrected chi connectivity index (χ3v) is 3.79. The molecule has 94 valence electrons. The topological polar surface area (TPSA) is 17.1 Å². The Balaban J connectivity index is 2.82. The van der Waals surface area contributed by atoms with Crippen LogP contribution in [0, 0.1) is 27.7 Å². The van der Waals surface area contributed by atoms with E-state index >= 15 is 0 Å². The fourth-order valence-corrected chi connectivity index (χ4v) is 2.23. The molecule has 0 heterocycles. The quantitative estimate of drug-likeness (QED) is 0.742. The van der Waals surface area contributed by atoms with Crippen molar-refractivity contribution in [3.8, 4) is 0 Å². The highest BCUT2D eigenvalue weighted by atomic mass is 16.1. The van der Waals surface area contributed by atoms with Gasteiger partial charge in [0.15, 0.2) is 0 Å². The van der Waals surface area contributed by atoms with Crippen molar-refractivity contribution in [3.05, 3.63) is 33.9 Å². The lowest BCUT2D eigenvalue weighted by Crippen LogP contribution is -2.03. The molecule has 0 radical (unpaired) electrons. The Hall–Kier alpha value is -1.11. The van der Waals surface area contributed by atoms with Crippen LogP contribution in [-0.2, 0) is 11.2 Å². The van der Waals surface area contributed by atoms with Crippen LogP contribution in [0.3, 0.4) is 0 Å². The molecule has 0 amide bonds. The van der Waals surface area contributed by atoms with E-state index in [4.69, 9.17) is 0 Å². The normalized spacial score (nSPS) is 10.6. The molecular formula is C16H24O. The number of hydrogen-bond acceptors (Lipinski definition) is 1. The minimum atomic E-state index is 0.391. The predicted octanol–water partition coefficient (Wildman–Crippen LogP) is 4.22. The number of carbonyl (C=O) groups excluding carboxylic acids is 1. The van der Waals surface area contributed by atoms with E-state index < -0.39 is 0 Å². The van der Waals surface area contributed by atoms with Gasteiger partial charge < -0.3 is 0 Å². The summed E-state index contributed by atoms with van der Waals surface area (Å²) in [4.78, 5) is 11.6. The highest BCUT2D eigenvalue weighted by Gasteiger charge is 2.08. The summed E-state index contributed by atoms with van der Waals surface area (Å²) >= 11 is 0. The summed E-state index contributed by atoms with van der Waals surface area (Å²) in [6.45, 7) is 10.7. The first kappa shape index (κ1) is 14.0. The maximum atomic E-state index is 11.6. The maximum Gasteiger partial charge on any atom is 0.133 e. The Kier molecular flexibility index (Phi) is 4.92. The van der Waals surface area contributed by atoms with Crippen LogP contribution in [0.15, 0.2) is 6.07 Å². The van der Waals surface area contributed by atoms with E-state index in [1.807, 2.05) is 0 Å². The van der Waals surface area contributed by atoms with Crippen LogP contribution in [0.1, 0.15) is 54.0 Å². The Labute approximate surface area is 105 Å². The molecule has 0 spiro atoms. The molecule has 0 aliphatic rings. The standard InChI is InChI=1S/C16H24O/c1-6-7-16(17)9-8-15-10-11(2)12(3)13(4)14(15)5/h10H,6-9H2,1-5H3. The number of aryl methyl sites for hydroxylation is 2. The second kappa shape index (κ2) is 6.00. The molecule has 1 aromatic carbocycles. The van der Waals surface area contributed by atoms with Gasteiger partial charge in [0.05, 0.1) is 0 Å². The summed E-state index contributed by atoms with van der Waals surface area (Å²) in [5.74, 6) is 0.391. The monoisotopic (exact) mass is 232 g/mol. The molecule has 0 bridgehead atoms. The van der Waals surface area contributed by atoms with Crippen molar-refractivity contribution in [2.45, 2.75) is 60.3 Å². The molecule has 0 unspecified atom stereocenters. The summed E-state index contributed by atoms with van der Waals surface area (Å²) in [5.41, 5.74) is 6.80. The smallest absolute Gasteiger partial charge is 0.133 e. The van der Waals surface area contributed by atoms with Crippen molar-refractivity contribution in [1.82, 2.24) is 0 Å². The van der Waals surface area contributed by atoms with Crippen LogP contribution < -0.4 is 0 Å². The first-order valence-corrected chi connectivity index (χ1v) is 6.55. The van der Waals surface area contributed by atoms with Gasteiger partial charge >= 0.3 is 0 Å². The van der Waals surface area contributed by atoms with E-state index in [0.717, 1.165) is 19.3 Å². The highest BCUT2D eigenvalue weighted by molar-refractivity contribution is 5.78. The Bertz CT molecular complexity index is 416. The number of hydrogen-bond donors (Lipinski definition) is 0. The van der Waals surface area contributed by atoms with Crippen molar-refractivity contribution >= 4 is 5.78 Å². The molecule has 0 N–H and O–H groups in total. The molecule has 1 aromatic rings. The van der Waals surface area contributed by atoms with Crippen molar-refractivity contribution in [1.29, 1.82) is 0 Å². The van der Waals surface area contributed by atoms with Crippen LogP contribution in [0.25, 0.3) is 0 Å². The van der Waals surface area contributed by atoms with Gasteiger partial charge in [-0.05, 0) is 68.4 Å². The number of carbonyl (C=O) groups is 1. The second-order valence-electron chi connectivity index (χ2n) is 5.02. The van der Waals surface area contributed by atoms with Crippen LogP contribution >= 0.6 is 0 Å². The fourth-order valence-electron chi connectivity index (χ4n) is 2.23. The number of rotatable bonds is 5.